The SMILES string of the molecule is CCCCCCNC(=O)c1n[nH]c(C)c1[N+](=O)[O-]. The molecule has 1 aromatic rings. The number of rotatable bonds is 7. The summed E-state index contributed by atoms with van der Waals surface area (Å²) in [4.78, 5) is 21.9. The topological polar surface area (TPSA) is 101 Å². The normalized spacial score (nSPS) is 10.3. The quantitative estimate of drug-likeness (QED) is 0.441. The maximum atomic E-state index is 11.7. The van der Waals surface area contributed by atoms with E-state index in [1.165, 1.54) is 6.92 Å². The Labute approximate surface area is 105 Å². The molecular formula is C11H18N4O3. The number of carbonyl (C=O) groups is 1. The van der Waals surface area contributed by atoms with Gasteiger partial charge in [-0.15, -0.1) is 0 Å². The second kappa shape index (κ2) is 6.73. The van der Waals surface area contributed by atoms with Gasteiger partial charge in [-0.1, -0.05) is 26.2 Å². The van der Waals surface area contributed by atoms with E-state index in [0.29, 0.717) is 6.54 Å². The fraction of sp³-hybridized carbons (Fsp3) is 0.636. The van der Waals surface area contributed by atoms with Crippen molar-refractivity contribution in [3.63, 3.8) is 0 Å². The van der Waals surface area contributed by atoms with Gasteiger partial charge in [-0.25, -0.2) is 0 Å². The molecule has 0 aliphatic heterocycles. The molecule has 0 spiro atoms. The van der Waals surface area contributed by atoms with Crippen LogP contribution in [0, 0.1) is 17.0 Å². The number of nitrogens with zero attached hydrogens (tertiary/aromatic N) is 2. The predicted octanol–water partition coefficient (Wildman–Crippen LogP) is 1.94. The van der Waals surface area contributed by atoms with Gasteiger partial charge in [0.15, 0.2) is 0 Å². The van der Waals surface area contributed by atoms with Gasteiger partial charge < -0.3 is 5.32 Å². The van der Waals surface area contributed by atoms with Gasteiger partial charge in [0.05, 0.1) is 4.92 Å². The molecule has 18 heavy (non-hydrogen) atoms. The second-order valence-electron chi connectivity index (χ2n) is 4.12. The van der Waals surface area contributed by atoms with Crippen LogP contribution >= 0.6 is 0 Å². The summed E-state index contributed by atoms with van der Waals surface area (Å²) in [5.41, 5.74) is -0.106. The number of nitro groups is 1. The highest BCUT2D eigenvalue weighted by molar-refractivity contribution is 5.96. The van der Waals surface area contributed by atoms with Crippen LogP contribution in [0.5, 0.6) is 0 Å². The molecule has 0 saturated carbocycles. The number of aromatic nitrogens is 2. The molecule has 0 saturated heterocycles. The van der Waals surface area contributed by atoms with Gasteiger partial charge in [0.2, 0.25) is 5.69 Å². The Bertz CT molecular complexity index is 428. The molecule has 0 fully saturated rings. The molecule has 1 rings (SSSR count). The average Bonchev–Trinajstić information content (AvgIpc) is 2.70. The highest BCUT2D eigenvalue weighted by Gasteiger charge is 2.26. The Kier molecular flexibility index (Phi) is 5.29. The van der Waals surface area contributed by atoms with Crippen molar-refractivity contribution in [2.45, 2.75) is 39.5 Å². The molecule has 0 radical (unpaired) electrons. The lowest BCUT2D eigenvalue weighted by Gasteiger charge is -2.02. The lowest BCUT2D eigenvalue weighted by Crippen LogP contribution is -2.25. The fourth-order valence-electron chi connectivity index (χ4n) is 1.64. The van der Waals surface area contributed by atoms with Gasteiger partial charge in [-0.2, -0.15) is 5.10 Å². The van der Waals surface area contributed by atoms with Crippen molar-refractivity contribution < 1.29 is 9.72 Å². The molecular weight excluding hydrogens is 236 g/mol. The average molecular weight is 254 g/mol. The lowest BCUT2D eigenvalue weighted by molar-refractivity contribution is -0.385. The van der Waals surface area contributed by atoms with Crippen molar-refractivity contribution >= 4 is 11.6 Å². The highest BCUT2D eigenvalue weighted by Crippen LogP contribution is 2.19. The molecule has 0 unspecified atom stereocenters. The maximum Gasteiger partial charge on any atom is 0.322 e. The van der Waals surface area contributed by atoms with Gasteiger partial charge in [-0.05, 0) is 13.3 Å². The number of hydrogen-bond donors (Lipinski definition) is 2. The van der Waals surface area contributed by atoms with Gasteiger partial charge in [0.1, 0.15) is 5.69 Å². The Morgan fingerprint density at radius 1 is 1.44 bits per heavy atom. The summed E-state index contributed by atoms with van der Waals surface area (Å²) in [7, 11) is 0. The Morgan fingerprint density at radius 2 is 2.17 bits per heavy atom. The van der Waals surface area contributed by atoms with Gasteiger partial charge >= 0.3 is 5.69 Å². The highest BCUT2D eigenvalue weighted by atomic mass is 16.6. The van der Waals surface area contributed by atoms with Crippen molar-refractivity contribution in [1.82, 2.24) is 15.5 Å². The molecule has 1 aromatic heterocycles. The van der Waals surface area contributed by atoms with E-state index in [9.17, 15) is 14.9 Å². The zero-order chi connectivity index (χ0) is 13.5. The molecule has 0 bridgehead atoms. The predicted molar refractivity (Wildman–Crippen MR) is 66.5 cm³/mol. The summed E-state index contributed by atoms with van der Waals surface area (Å²) in [6.07, 6.45) is 4.16. The molecule has 7 nitrogen and oxygen atoms in total. The molecule has 0 aromatic carbocycles. The molecule has 2 N–H and O–H groups in total. The Morgan fingerprint density at radius 3 is 2.78 bits per heavy atom. The number of unbranched alkanes of at least 4 members (excludes halogenated alkanes) is 3. The van der Waals surface area contributed by atoms with Crippen LogP contribution in [0.2, 0.25) is 0 Å². The monoisotopic (exact) mass is 254 g/mol. The number of nitrogens with one attached hydrogen (secondary N) is 2. The van der Waals surface area contributed by atoms with Crippen LogP contribution in [0.15, 0.2) is 0 Å². The first-order valence-corrected chi connectivity index (χ1v) is 6.05. The number of hydrogen-bond acceptors (Lipinski definition) is 4. The molecule has 0 aliphatic carbocycles. The zero-order valence-corrected chi connectivity index (χ0v) is 10.7. The van der Waals surface area contributed by atoms with Crippen molar-refractivity contribution in [2.75, 3.05) is 6.54 Å². The molecule has 1 amide bonds. The summed E-state index contributed by atoms with van der Waals surface area (Å²) >= 11 is 0. The minimum Gasteiger partial charge on any atom is -0.350 e. The van der Waals surface area contributed by atoms with E-state index in [2.05, 4.69) is 22.4 Å². The third kappa shape index (κ3) is 3.54. The first-order valence-electron chi connectivity index (χ1n) is 6.05. The molecule has 1 heterocycles. The van der Waals surface area contributed by atoms with E-state index < -0.39 is 10.8 Å². The standard InChI is InChI=1S/C11H18N4O3/c1-3-4-5-6-7-12-11(16)9-10(15(17)18)8(2)13-14-9/h3-7H2,1-2H3,(H,12,16)(H,13,14). The van der Waals surface area contributed by atoms with Crippen LogP contribution in [-0.4, -0.2) is 27.6 Å². The molecule has 100 valence electrons. The maximum absolute atomic E-state index is 11.7. The third-order valence-corrected chi connectivity index (χ3v) is 2.63. The van der Waals surface area contributed by atoms with E-state index >= 15 is 0 Å². The van der Waals surface area contributed by atoms with Crippen molar-refractivity contribution in [2.24, 2.45) is 0 Å². The number of aromatic amines is 1. The summed E-state index contributed by atoms with van der Waals surface area (Å²) < 4.78 is 0. The van der Waals surface area contributed by atoms with E-state index in [1.54, 1.807) is 0 Å². The minimum absolute atomic E-state index is 0.145. The largest absolute Gasteiger partial charge is 0.350 e. The minimum atomic E-state index is -0.592. The third-order valence-electron chi connectivity index (χ3n) is 2.63. The van der Waals surface area contributed by atoms with Gasteiger partial charge in [-0.3, -0.25) is 20.0 Å². The van der Waals surface area contributed by atoms with Crippen LogP contribution in [0.3, 0.4) is 0 Å². The summed E-state index contributed by atoms with van der Waals surface area (Å²) in [5.74, 6) is -0.498. The van der Waals surface area contributed by atoms with Crippen molar-refractivity contribution in [1.29, 1.82) is 0 Å². The van der Waals surface area contributed by atoms with E-state index in [0.717, 1.165) is 25.7 Å². The number of carbonyl (C=O) groups excluding carboxylic acids is 1. The van der Waals surface area contributed by atoms with Crippen molar-refractivity contribution in [3.05, 3.63) is 21.5 Å². The second-order valence-corrected chi connectivity index (χ2v) is 4.12. The number of aryl methyl sites for hydroxylation is 1. The fourth-order valence-corrected chi connectivity index (χ4v) is 1.64. The first-order chi connectivity index (χ1) is 8.57. The van der Waals surface area contributed by atoms with Crippen LogP contribution in [0.1, 0.15) is 48.8 Å². The zero-order valence-electron chi connectivity index (χ0n) is 10.7. The number of H-pyrrole nitrogens is 1. The van der Waals surface area contributed by atoms with Crippen LogP contribution in [0.4, 0.5) is 5.69 Å². The van der Waals surface area contributed by atoms with Gasteiger partial charge in [0.25, 0.3) is 5.91 Å². The Hall–Kier alpha value is -1.92. The van der Waals surface area contributed by atoms with E-state index in [1.807, 2.05) is 0 Å². The van der Waals surface area contributed by atoms with Crippen LogP contribution in [-0.2, 0) is 0 Å². The van der Waals surface area contributed by atoms with Crippen LogP contribution in [0.25, 0.3) is 0 Å². The smallest absolute Gasteiger partial charge is 0.322 e. The van der Waals surface area contributed by atoms with E-state index in [-0.39, 0.29) is 17.1 Å². The molecule has 7 heteroatoms. The van der Waals surface area contributed by atoms with E-state index in [4.69, 9.17) is 0 Å². The van der Waals surface area contributed by atoms with Crippen molar-refractivity contribution in [3.8, 4) is 0 Å². The van der Waals surface area contributed by atoms with Crippen LogP contribution < -0.4 is 5.32 Å². The molecule has 0 aliphatic rings. The Balaban J connectivity index is 2.54. The van der Waals surface area contributed by atoms with Gasteiger partial charge in [0, 0.05) is 6.54 Å². The molecule has 0 atom stereocenters. The lowest BCUT2D eigenvalue weighted by atomic mass is 10.2. The summed E-state index contributed by atoms with van der Waals surface area (Å²) in [6, 6.07) is 0. The summed E-state index contributed by atoms with van der Waals surface area (Å²) in [6.45, 7) is 4.14. The summed E-state index contributed by atoms with van der Waals surface area (Å²) in [5, 5.41) is 19.6. The first kappa shape index (κ1) is 14.1. The number of amides is 1.